The summed E-state index contributed by atoms with van der Waals surface area (Å²) in [5.41, 5.74) is 0.958. The molecule has 2 aromatic rings. The molecule has 0 saturated carbocycles. The third-order valence-corrected chi connectivity index (χ3v) is 4.28. The predicted molar refractivity (Wildman–Crippen MR) is 84.5 cm³/mol. The van der Waals surface area contributed by atoms with Crippen LogP contribution < -0.4 is 5.32 Å². The van der Waals surface area contributed by atoms with Crippen molar-refractivity contribution < 1.29 is 14.3 Å². The lowest BCUT2D eigenvalue weighted by atomic mass is 10.1. The van der Waals surface area contributed by atoms with E-state index in [9.17, 15) is 9.18 Å². The molecule has 2 rings (SSSR count). The van der Waals surface area contributed by atoms with Crippen molar-refractivity contribution in [2.45, 2.75) is 19.8 Å². The van der Waals surface area contributed by atoms with E-state index in [2.05, 4.69) is 10.3 Å². The molecule has 0 bridgehead atoms. The van der Waals surface area contributed by atoms with E-state index in [0.717, 1.165) is 10.6 Å². The largest absolute Gasteiger partial charge is 0.396 e. The maximum Gasteiger partial charge on any atom is 0.263 e. The van der Waals surface area contributed by atoms with Crippen molar-refractivity contribution in [3.05, 3.63) is 51.7 Å². The molecule has 0 aliphatic rings. The van der Waals surface area contributed by atoms with Crippen molar-refractivity contribution in [1.29, 1.82) is 0 Å². The van der Waals surface area contributed by atoms with Crippen LogP contribution in [-0.2, 0) is 6.42 Å². The van der Waals surface area contributed by atoms with Crippen LogP contribution in [0.25, 0.3) is 0 Å². The van der Waals surface area contributed by atoms with Crippen LogP contribution in [0.2, 0.25) is 0 Å². The second-order valence-corrected chi connectivity index (χ2v) is 6.36. The SMILES string of the molecule is CC(CCO)CNC(=O)c1cnc(Cc2ccc(F)cc2)s1. The van der Waals surface area contributed by atoms with Gasteiger partial charge in [-0.15, -0.1) is 11.3 Å². The van der Waals surface area contributed by atoms with Crippen molar-refractivity contribution in [1.82, 2.24) is 10.3 Å². The Kier molecular flexibility index (Phi) is 6.03. The Balaban J connectivity index is 1.90. The van der Waals surface area contributed by atoms with E-state index in [1.54, 1.807) is 18.3 Å². The van der Waals surface area contributed by atoms with Crippen molar-refractivity contribution in [3.63, 3.8) is 0 Å². The third-order valence-electron chi connectivity index (χ3n) is 3.28. The van der Waals surface area contributed by atoms with Crippen LogP contribution in [0.4, 0.5) is 4.39 Å². The zero-order valence-corrected chi connectivity index (χ0v) is 13.2. The van der Waals surface area contributed by atoms with Gasteiger partial charge in [-0.2, -0.15) is 0 Å². The van der Waals surface area contributed by atoms with Crippen LogP contribution >= 0.6 is 11.3 Å². The molecule has 0 aliphatic carbocycles. The van der Waals surface area contributed by atoms with Gasteiger partial charge in [0.2, 0.25) is 0 Å². The number of carbonyl (C=O) groups excluding carboxylic acids is 1. The lowest BCUT2D eigenvalue weighted by Gasteiger charge is -2.09. The highest BCUT2D eigenvalue weighted by atomic mass is 32.1. The number of aliphatic hydroxyl groups excluding tert-OH is 1. The molecular formula is C16H19FN2O2S. The molecule has 0 spiro atoms. The van der Waals surface area contributed by atoms with Crippen LogP contribution in [0.1, 0.15) is 33.6 Å². The Labute approximate surface area is 133 Å². The maximum absolute atomic E-state index is 12.9. The van der Waals surface area contributed by atoms with Gasteiger partial charge in [0.1, 0.15) is 10.7 Å². The molecule has 2 N–H and O–H groups in total. The molecule has 1 heterocycles. The second-order valence-electron chi connectivity index (χ2n) is 5.25. The van der Waals surface area contributed by atoms with E-state index in [4.69, 9.17) is 5.11 Å². The molecular weight excluding hydrogens is 303 g/mol. The molecule has 1 atom stereocenters. The number of benzene rings is 1. The summed E-state index contributed by atoms with van der Waals surface area (Å²) in [5.74, 6) is -0.173. The summed E-state index contributed by atoms with van der Waals surface area (Å²) in [4.78, 5) is 16.8. The van der Waals surface area contributed by atoms with Gasteiger partial charge in [-0.1, -0.05) is 19.1 Å². The minimum absolute atomic E-state index is 0.124. The number of rotatable bonds is 7. The molecule has 118 valence electrons. The Bertz CT molecular complexity index is 613. The zero-order chi connectivity index (χ0) is 15.9. The van der Waals surface area contributed by atoms with E-state index in [1.807, 2.05) is 6.92 Å². The summed E-state index contributed by atoms with van der Waals surface area (Å²) in [7, 11) is 0. The van der Waals surface area contributed by atoms with Crippen molar-refractivity contribution in [3.8, 4) is 0 Å². The summed E-state index contributed by atoms with van der Waals surface area (Å²) < 4.78 is 12.9. The van der Waals surface area contributed by atoms with Gasteiger partial charge in [0, 0.05) is 19.6 Å². The fourth-order valence-corrected chi connectivity index (χ4v) is 2.82. The number of aliphatic hydroxyl groups is 1. The summed E-state index contributed by atoms with van der Waals surface area (Å²) in [6.45, 7) is 2.63. The monoisotopic (exact) mass is 322 g/mol. The molecule has 1 aromatic carbocycles. The molecule has 22 heavy (non-hydrogen) atoms. The number of carbonyl (C=O) groups is 1. The number of hydrogen-bond donors (Lipinski definition) is 2. The Hall–Kier alpha value is -1.79. The van der Waals surface area contributed by atoms with Crippen molar-refractivity contribution >= 4 is 17.2 Å². The van der Waals surface area contributed by atoms with E-state index in [1.165, 1.54) is 23.5 Å². The molecule has 0 aliphatic heterocycles. The second kappa shape index (κ2) is 8.00. The van der Waals surface area contributed by atoms with Gasteiger partial charge in [0.25, 0.3) is 5.91 Å². The van der Waals surface area contributed by atoms with E-state index < -0.39 is 0 Å². The number of aromatic nitrogens is 1. The van der Waals surface area contributed by atoms with Crippen LogP contribution in [0.3, 0.4) is 0 Å². The van der Waals surface area contributed by atoms with Gasteiger partial charge in [-0.05, 0) is 30.0 Å². The van der Waals surface area contributed by atoms with Gasteiger partial charge >= 0.3 is 0 Å². The van der Waals surface area contributed by atoms with Crippen LogP contribution in [0.5, 0.6) is 0 Å². The predicted octanol–water partition coefficient (Wildman–Crippen LogP) is 2.62. The first-order valence-corrected chi connectivity index (χ1v) is 7.98. The number of nitrogens with zero attached hydrogens (tertiary/aromatic N) is 1. The van der Waals surface area contributed by atoms with E-state index in [-0.39, 0.29) is 24.2 Å². The minimum Gasteiger partial charge on any atom is -0.396 e. The molecule has 0 saturated heterocycles. The molecule has 1 amide bonds. The van der Waals surface area contributed by atoms with Crippen molar-refractivity contribution in [2.24, 2.45) is 5.92 Å². The van der Waals surface area contributed by atoms with Crippen molar-refractivity contribution in [2.75, 3.05) is 13.2 Å². The average Bonchev–Trinajstić information content (AvgIpc) is 2.96. The summed E-state index contributed by atoms with van der Waals surface area (Å²) in [5, 5.41) is 12.5. The standard InChI is InChI=1S/C16H19FN2O2S/c1-11(6-7-20)9-19-16(21)14-10-18-15(22-14)8-12-2-4-13(17)5-3-12/h2-5,10-11,20H,6-9H2,1H3,(H,19,21). The lowest BCUT2D eigenvalue weighted by Crippen LogP contribution is -2.28. The highest BCUT2D eigenvalue weighted by molar-refractivity contribution is 7.13. The number of thiazole rings is 1. The van der Waals surface area contributed by atoms with Crippen LogP contribution in [0, 0.1) is 11.7 Å². The molecule has 1 unspecified atom stereocenters. The van der Waals surface area contributed by atoms with Crippen LogP contribution in [0.15, 0.2) is 30.5 Å². The first kappa shape index (κ1) is 16.6. The number of amides is 1. The number of hydrogen-bond acceptors (Lipinski definition) is 4. The normalized spacial score (nSPS) is 12.1. The molecule has 4 nitrogen and oxygen atoms in total. The number of halogens is 1. The smallest absolute Gasteiger partial charge is 0.263 e. The minimum atomic E-state index is -0.264. The first-order valence-electron chi connectivity index (χ1n) is 7.16. The highest BCUT2D eigenvalue weighted by Crippen LogP contribution is 2.17. The van der Waals surface area contributed by atoms with E-state index in [0.29, 0.717) is 24.3 Å². The average molecular weight is 322 g/mol. The highest BCUT2D eigenvalue weighted by Gasteiger charge is 2.12. The molecule has 0 radical (unpaired) electrons. The fourth-order valence-electron chi connectivity index (χ4n) is 1.95. The topological polar surface area (TPSA) is 62.2 Å². The summed E-state index contributed by atoms with van der Waals surface area (Å²) in [6, 6.07) is 6.26. The quantitative estimate of drug-likeness (QED) is 0.824. The third kappa shape index (κ3) is 4.89. The van der Waals surface area contributed by atoms with Gasteiger partial charge in [-0.25, -0.2) is 9.37 Å². The molecule has 0 fully saturated rings. The lowest BCUT2D eigenvalue weighted by molar-refractivity contribution is 0.0949. The fraction of sp³-hybridized carbons (Fsp3) is 0.375. The maximum atomic E-state index is 12.9. The van der Waals surface area contributed by atoms with Gasteiger partial charge in [-0.3, -0.25) is 4.79 Å². The Morgan fingerprint density at radius 2 is 2.14 bits per heavy atom. The summed E-state index contributed by atoms with van der Waals surface area (Å²) >= 11 is 1.34. The molecule has 6 heteroatoms. The van der Waals surface area contributed by atoms with Gasteiger partial charge in [0.15, 0.2) is 0 Å². The Morgan fingerprint density at radius 1 is 1.41 bits per heavy atom. The first-order chi connectivity index (χ1) is 10.6. The van der Waals surface area contributed by atoms with Gasteiger partial charge in [0.05, 0.1) is 11.2 Å². The van der Waals surface area contributed by atoms with Gasteiger partial charge < -0.3 is 10.4 Å². The van der Waals surface area contributed by atoms with E-state index >= 15 is 0 Å². The van der Waals surface area contributed by atoms with Crippen LogP contribution in [-0.4, -0.2) is 29.1 Å². The summed E-state index contributed by atoms with van der Waals surface area (Å²) in [6.07, 6.45) is 2.81. The number of nitrogens with one attached hydrogen (secondary N) is 1. The zero-order valence-electron chi connectivity index (χ0n) is 12.4. The molecule has 1 aromatic heterocycles. The Morgan fingerprint density at radius 3 is 2.82 bits per heavy atom.